The van der Waals surface area contributed by atoms with Crippen LogP contribution < -0.4 is 0 Å². The molecule has 0 aromatic carbocycles. The standard InChI is InChI=1S/C23H35BrO3/c1-14(25)23(24)20(27-15(2)26)13-19-17-9-8-16-7-5-6-11-21(16,3)18(17)10-12-22(19,23)4/h16-20H,5-13H2,1-4H3/t16-,17-,18-,19-,20-,21+,22-,23-/m1/s1. The first kappa shape index (κ1) is 19.9. The van der Waals surface area contributed by atoms with Crippen LogP contribution in [-0.4, -0.2) is 22.2 Å². The van der Waals surface area contributed by atoms with E-state index in [1.165, 1.54) is 51.9 Å². The summed E-state index contributed by atoms with van der Waals surface area (Å²) >= 11 is 3.88. The lowest BCUT2D eigenvalue weighted by molar-refractivity contribution is -0.149. The molecule has 0 heterocycles. The minimum atomic E-state index is -0.731. The number of hydrogen-bond acceptors (Lipinski definition) is 3. The summed E-state index contributed by atoms with van der Waals surface area (Å²) in [4.78, 5) is 24.6. The predicted octanol–water partition coefficient (Wildman–Crippen LogP) is 5.68. The average Bonchev–Trinajstić information content (AvgIpc) is 2.83. The molecule has 4 saturated carbocycles. The Hall–Kier alpha value is -0.380. The van der Waals surface area contributed by atoms with Gasteiger partial charge in [-0.05, 0) is 86.4 Å². The molecule has 152 valence electrons. The Kier molecular flexibility index (Phi) is 4.85. The Bertz CT molecular complexity index is 648. The van der Waals surface area contributed by atoms with Gasteiger partial charge in [0.2, 0.25) is 0 Å². The molecule has 4 heteroatoms. The molecule has 0 aromatic heterocycles. The third-order valence-electron chi connectivity index (χ3n) is 9.54. The SMILES string of the molecule is CC(=O)O[C@@H]1C[C@@H]2[C@@H]3CC[C@H]4CCCC[C@]4(C)[C@@H]3CC[C@@]2(C)[C@@]1(Br)C(C)=O. The summed E-state index contributed by atoms with van der Waals surface area (Å²) in [5.41, 5.74) is 0.352. The van der Waals surface area contributed by atoms with Gasteiger partial charge in [-0.2, -0.15) is 0 Å². The van der Waals surface area contributed by atoms with Crippen molar-refractivity contribution in [3.8, 4) is 0 Å². The number of ether oxygens (including phenoxy) is 1. The van der Waals surface area contributed by atoms with Gasteiger partial charge in [-0.1, -0.05) is 42.6 Å². The molecule has 27 heavy (non-hydrogen) atoms. The van der Waals surface area contributed by atoms with E-state index in [1.807, 2.05) is 0 Å². The molecule has 4 rings (SSSR count). The molecule has 0 saturated heterocycles. The summed E-state index contributed by atoms with van der Waals surface area (Å²) in [6.45, 7) is 8.00. The zero-order chi connectivity index (χ0) is 19.6. The molecule has 8 atom stereocenters. The Balaban J connectivity index is 1.70. The van der Waals surface area contributed by atoms with E-state index in [2.05, 4.69) is 29.8 Å². The van der Waals surface area contributed by atoms with Gasteiger partial charge in [0, 0.05) is 6.92 Å². The molecular weight excluding hydrogens is 404 g/mol. The largest absolute Gasteiger partial charge is 0.461 e. The van der Waals surface area contributed by atoms with E-state index >= 15 is 0 Å². The third kappa shape index (κ3) is 2.64. The topological polar surface area (TPSA) is 43.4 Å². The minimum absolute atomic E-state index is 0.120. The number of Topliss-reactive ketones (excluding diaryl/α,β-unsaturated/α-hetero) is 1. The normalized spacial score (nSPS) is 51.7. The van der Waals surface area contributed by atoms with E-state index in [0.717, 1.165) is 24.7 Å². The summed E-state index contributed by atoms with van der Waals surface area (Å²) in [5, 5.41) is 0. The van der Waals surface area contributed by atoms with Gasteiger partial charge in [0.25, 0.3) is 0 Å². The zero-order valence-corrected chi connectivity index (χ0v) is 18.9. The van der Waals surface area contributed by atoms with Gasteiger partial charge in [-0.15, -0.1) is 0 Å². The highest BCUT2D eigenvalue weighted by molar-refractivity contribution is 9.10. The third-order valence-corrected chi connectivity index (χ3v) is 11.5. The Morgan fingerprint density at radius 1 is 0.963 bits per heavy atom. The number of esters is 1. The van der Waals surface area contributed by atoms with Crippen molar-refractivity contribution in [2.45, 2.75) is 95.9 Å². The van der Waals surface area contributed by atoms with E-state index in [-0.39, 0.29) is 23.3 Å². The van der Waals surface area contributed by atoms with Crippen LogP contribution >= 0.6 is 15.9 Å². The fraction of sp³-hybridized carbons (Fsp3) is 0.913. The summed E-state index contributed by atoms with van der Waals surface area (Å²) in [6, 6.07) is 0. The van der Waals surface area contributed by atoms with Crippen LogP contribution in [0.25, 0.3) is 0 Å². The van der Waals surface area contributed by atoms with E-state index in [1.54, 1.807) is 6.92 Å². The van der Waals surface area contributed by atoms with Gasteiger partial charge in [-0.25, -0.2) is 0 Å². The van der Waals surface area contributed by atoms with Crippen LogP contribution in [-0.2, 0) is 14.3 Å². The van der Waals surface area contributed by atoms with Crippen molar-refractivity contribution >= 4 is 27.7 Å². The van der Waals surface area contributed by atoms with Crippen molar-refractivity contribution in [3.05, 3.63) is 0 Å². The van der Waals surface area contributed by atoms with Gasteiger partial charge in [0.05, 0.1) is 0 Å². The van der Waals surface area contributed by atoms with Crippen LogP contribution in [0.4, 0.5) is 0 Å². The molecule has 4 fully saturated rings. The lowest BCUT2D eigenvalue weighted by atomic mass is 9.45. The first-order chi connectivity index (χ1) is 12.6. The van der Waals surface area contributed by atoms with Crippen molar-refractivity contribution < 1.29 is 14.3 Å². The molecule has 0 radical (unpaired) electrons. The molecule has 0 amide bonds. The molecular formula is C23H35BrO3. The summed E-state index contributed by atoms with van der Waals surface area (Å²) in [7, 11) is 0. The van der Waals surface area contributed by atoms with Crippen molar-refractivity contribution in [2.75, 3.05) is 0 Å². The van der Waals surface area contributed by atoms with Crippen LogP contribution in [0.1, 0.15) is 85.5 Å². The molecule has 0 unspecified atom stereocenters. The Labute approximate surface area is 172 Å². The van der Waals surface area contributed by atoms with E-state index < -0.39 is 4.32 Å². The fourth-order valence-corrected chi connectivity index (χ4v) is 8.99. The first-order valence-corrected chi connectivity index (χ1v) is 11.8. The maximum atomic E-state index is 12.8. The Morgan fingerprint density at radius 2 is 1.70 bits per heavy atom. The quantitative estimate of drug-likeness (QED) is 0.411. The number of ketones is 1. The average molecular weight is 439 g/mol. The van der Waals surface area contributed by atoms with Gasteiger partial charge in [0.15, 0.2) is 5.78 Å². The van der Waals surface area contributed by atoms with E-state index in [0.29, 0.717) is 17.3 Å². The Morgan fingerprint density at radius 3 is 2.37 bits per heavy atom. The molecule has 3 nitrogen and oxygen atoms in total. The summed E-state index contributed by atoms with van der Waals surface area (Å²) in [6.07, 6.45) is 11.0. The second-order valence-corrected chi connectivity index (χ2v) is 11.7. The summed E-state index contributed by atoms with van der Waals surface area (Å²) < 4.78 is 5.02. The second kappa shape index (κ2) is 6.57. The van der Waals surface area contributed by atoms with Gasteiger partial charge in [0.1, 0.15) is 10.4 Å². The maximum Gasteiger partial charge on any atom is 0.302 e. The highest BCUT2D eigenvalue weighted by Crippen LogP contribution is 2.70. The number of carbonyl (C=O) groups is 2. The monoisotopic (exact) mass is 438 g/mol. The molecule has 0 N–H and O–H groups in total. The number of alkyl halides is 1. The molecule has 0 bridgehead atoms. The molecule has 4 aliphatic rings. The smallest absolute Gasteiger partial charge is 0.302 e. The van der Waals surface area contributed by atoms with E-state index in [9.17, 15) is 9.59 Å². The highest BCUT2D eigenvalue weighted by Gasteiger charge is 2.70. The molecule has 0 aromatic rings. The van der Waals surface area contributed by atoms with Gasteiger partial charge < -0.3 is 4.74 Å². The van der Waals surface area contributed by atoms with Gasteiger partial charge >= 0.3 is 5.97 Å². The number of halogens is 1. The van der Waals surface area contributed by atoms with Gasteiger partial charge in [-0.3, -0.25) is 9.59 Å². The van der Waals surface area contributed by atoms with Crippen LogP contribution in [0, 0.1) is 34.5 Å². The second-order valence-electron chi connectivity index (χ2n) is 10.5. The van der Waals surface area contributed by atoms with Crippen molar-refractivity contribution in [2.24, 2.45) is 34.5 Å². The minimum Gasteiger partial charge on any atom is -0.461 e. The number of carbonyl (C=O) groups excluding carboxylic acids is 2. The number of fused-ring (bicyclic) bond motifs is 5. The lowest BCUT2D eigenvalue weighted by Crippen LogP contribution is -2.57. The van der Waals surface area contributed by atoms with Crippen molar-refractivity contribution in [3.63, 3.8) is 0 Å². The van der Waals surface area contributed by atoms with Crippen LogP contribution in [0.15, 0.2) is 0 Å². The lowest BCUT2D eigenvalue weighted by Gasteiger charge is -2.61. The van der Waals surface area contributed by atoms with Crippen LogP contribution in [0.2, 0.25) is 0 Å². The van der Waals surface area contributed by atoms with Crippen LogP contribution in [0.3, 0.4) is 0 Å². The molecule has 0 aliphatic heterocycles. The molecule has 4 aliphatic carbocycles. The fourth-order valence-electron chi connectivity index (χ4n) is 8.22. The zero-order valence-electron chi connectivity index (χ0n) is 17.4. The van der Waals surface area contributed by atoms with Crippen LogP contribution in [0.5, 0.6) is 0 Å². The predicted molar refractivity (Wildman–Crippen MR) is 110 cm³/mol. The van der Waals surface area contributed by atoms with E-state index in [4.69, 9.17) is 4.74 Å². The van der Waals surface area contributed by atoms with Crippen molar-refractivity contribution in [1.29, 1.82) is 0 Å². The number of rotatable bonds is 2. The molecule has 0 spiro atoms. The summed E-state index contributed by atoms with van der Waals surface area (Å²) in [5.74, 6) is 2.64. The first-order valence-electron chi connectivity index (χ1n) is 11.0. The van der Waals surface area contributed by atoms with Crippen molar-refractivity contribution in [1.82, 2.24) is 0 Å². The highest BCUT2D eigenvalue weighted by atomic mass is 79.9. The number of hydrogen-bond donors (Lipinski definition) is 0. The maximum absolute atomic E-state index is 12.8.